The van der Waals surface area contributed by atoms with E-state index in [1.165, 1.54) is 6.08 Å². The van der Waals surface area contributed by atoms with E-state index in [0.717, 1.165) is 35.6 Å². The molecule has 1 fully saturated rings. The van der Waals surface area contributed by atoms with Gasteiger partial charge in [0, 0.05) is 54.2 Å². The molecule has 0 atom stereocenters. The minimum Gasteiger partial charge on any atom is -0.368 e. The lowest BCUT2D eigenvalue weighted by Crippen LogP contribution is -2.48. The third-order valence-corrected chi connectivity index (χ3v) is 6.07. The fraction of sp³-hybridized carbons (Fsp3) is 0.148. The number of benzene rings is 3. The lowest BCUT2D eigenvalue weighted by Gasteiger charge is -2.36. The number of nitrogens with one attached hydrogen (secondary N) is 2. The molecule has 0 aliphatic carbocycles. The van der Waals surface area contributed by atoms with Crippen LogP contribution in [0.15, 0.2) is 84.9 Å². The molecule has 0 aromatic heterocycles. The molecule has 1 saturated heterocycles. The summed E-state index contributed by atoms with van der Waals surface area (Å²) >= 11 is 11.1. The third kappa shape index (κ3) is 6.91. The van der Waals surface area contributed by atoms with Gasteiger partial charge in [-0.1, -0.05) is 41.9 Å². The van der Waals surface area contributed by atoms with E-state index in [-0.39, 0.29) is 16.9 Å². The topological polar surface area (TPSA) is 64.7 Å². The van der Waals surface area contributed by atoms with Crippen LogP contribution in [0.4, 0.5) is 11.4 Å². The third-order valence-electron chi connectivity index (χ3n) is 5.61. The quantitative estimate of drug-likeness (QED) is 0.385. The smallest absolute Gasteiger partial charge is 0.253 e. The van der Waals surface area contributed by atoms with Crippen molar-refractivity contribution < 1.29 is 9.59 Å². The van der Waals surface area contributed by atoms with Crippen LogP contribution in [0.1, 0.15) is 15.9 Å². The van der Waals surface area contributed by atoms with E-state index in [1.54, 1.807) is 18.2 Å². The zero-order valence-corrected chi connectivity index (χ0v) is 20.6. The van der Waals surface area contributed by atoms with E-state index >= 15 is 0 Å². The minimum absolute atomic E-state index is 0.0726. The van der Waals surface area contributed by atoms with Crippen LogP contribution >= 0.6 is 23.8 Å². The van der Waals surface area contributed by atoms with Gasteiger partial charge < -0.3 is 15.1 Å². The highest BCUT2D eigenvalue weighted by molar-refractivity contribution is 7.80. The summed E-state index contributed by atoms with van der Waals surface area (Å²) in [6.45, 7) is 2.88. The summed E-state index contributed by atoms with van der Waals surface area (Å²) in [5, 5.41) is 6.52. The molecule has 0 bridgehead atoms. The monoisotopic (exact) mass is 504 g/mol. The average Bonchev–Trinajstić information content (AvgIpc) is 2.89. The average molecular weight is 505 g/mol. The van der Waals surface area contributed by atoms with Gasteiger partial charge in [0.15, 0.2) is 5.11 Å². The summed E-state index contributed by atoms with van der Waals surface area (Å²) in [5.41, 5.74) is 3.44. The van der Waals surface area contributed by atoms with Crippen molar-refractivity contribution >= 4 is 58.2 Å². The summed E-state index contributed by atoms with van der Waals surface area (Å²) in [7, 11) is 0. The molecule has 2 amide bonds. The number of rotatable bonds is 5. The SMILES string of the molecule is O=C(/C=C/c1ccc(Cl)cc1)NC(=S)Nc1ccc(N2CCN(C(=O)c3ccccc3)CC2)cc1. The van der Waals surface area contributed by atoms with Crippen LogP contribution in [0.3, 0.4) is 0 Å². The molecule has 0 saturated carbocycles. The van der Waals surface area contributed by atoms with Crippen LogP contribution in [0, 0.1) is 0 Å². The first-order valence-corrected chi connectivity index (χ1v) is 12.0. The summed E-state index contributed by atoms with van der Waals surface area (Å²) in [6.07, 6.45) is 3.11. The van der Waals surface area contributed by atoms with E-state index in [4.69, 9.17) is 23.8 Å². The molecule has 1 aliphatic rings. The number of nitrogens with zero attached hydrogens (tertiary/aromatic N) is 2. The Labute approximate surface area is 215 Å². The maximum atomic E-state index is 12.6. The zero-order chi connectivity index (χ0) is 24.6. The lowest BCUT2D eigenvalue weighted by molar-refractivity contribution is -0.115. The number of hydrogen-bond donors (Lipinski definition) is 2. The Hall–Kier alpha value is -3.68. The summed E-state index contributed by atoms with van der Waals surface area (Å²) < 4.78 is 0. The highest BCUT2D eigenvalue weighted by Gasteiger charge is 2.22. The van der Waals surface area contributed by atoms with Gasteiger partial charge in [-0.15, -0.1) is 0 Å². The van der Waals surface area contributed by atoms with Gasteiger partial charge in [0.05, 0.1) is 0 Å². The molecular weight excluding hydrogens is 480 g/mol. The second-order valence-electron chi connectivity index (χ2n) is 8.02. The molecule has 0 unspecified atom stereocenters. The van der Waals surface area contributed by atoms with Gasteiger partial charge in [-0.3, -0.25) is 14.9 Å². The van der Waals surface area contributed by atoms with E-state index < -0.39 is 0 Å². The van der Waals surface area contributed by atoms with Gasteiger partial charge in [0.2, 0.25) is 5.91 Å². The summed E-state index contributed by atoms with van der Waals surface area (Å²) in [5.74, 6) is -0.250. The fourth-order valence-electron chi connectivity index (χ4n) is 3.75. The van der Waals surface area contributed by atoms with E-state index in [1.807, 2.05) is 71.6 Å². The first-order valence-electron chi connectivity index (χ1n) is 11.2. The van der Waals surface area contributed by atoms with E-state index in [0.29, 0.717) is 18.1 Å². The molecular formula is C27H25ClN4O2S. The molecule has 3 aromatic rings. The standard InChI is InChI=1S/C27H25ClN4O2S/c28-22-9-6-20(7-10-22)8-15-25(33)30-27(35)29-23-11-13-24(14-12-23)31-16-18-32(19-17-31)26(34)21-4-2-1-3-5-21/h1-15H,16-19H2,(H2,29,30,33,35)/b15-8+. The van der Waals surface area contributed by atoms with Crippen molar-refractivity contribution in [2.45, 2.75) is 0 Å². The zero-order valence-electron chi connectivity index (χ0n) is 19.0. The highest BCUT2D eigenvalue weighted by atomic mass is 35.5. The minimum atomic E-state index is -0.322. The van der Waals surface area contributed by atoms with Gasteiger partial charge in [-0.05, 0) is 72.4 Å². The van der Waals surface area contributed by atoms with Crippen molar-refractivity contribution in [2.24, 2.45) is 0 Å². The molecule has 178 valence electrons. The Morgan fingerprint density at radius 1 is 0.857 bits per heavy atom. The maximum Gasteiger partial charge on any atom is 0.253 e. The molecule has 6 nitrogen and oxygen atoms in total. The molecule has 4 rings (SSSR count). The summed E-state index contributed by atoms with van der Waals surface area (Å²) in [4.78, 5) is 28.9. The van der Waals surface area contributed by atoms with E-state index in [2.05, 4.69) is 15.5 Å². The lowest BCUT2D eigenvalue weighted by atomic mass is 10.1. The molecule has 1 heterocycles. The predicted octanol–water partition coefficient (Wildman–Crippen LogP) is 4.83. The Morgan fingerprint density at radius 2 is 1.51 bits per heavy atom. The van der Waals surface area contributed by atoms with Gasteiger partial charge in [-0.2, -0.15) is 0 Å². The molecule has 0 spiro atoms. The Morgan fingerprint density at radius 3 is 2.17 bits per heavy atom. The summed E-state index contributed by atoms with van der Waals surface area (Å²) in [6, 6.07) is 24.4. The Balaban J connectivity index is 1.24. The number of amides is 2. The number of hydrogen-bond acceptors (Lipinski definition) is 4. The van der Waals surface area contributed by atoms with Gasteiger partial charge in [0.25, 0.3) is 5.91 Å². The second-order valence-corrected chi connectivity index (χ2v) is 8.87. The molecule has 35 heavy (non-hydrogen) atoms. The normalized spacial score (nSPS) is 13.5. The van der Waals surface area contributed by atoms with Crippen LogP contribution in [-0.4, -0.2) is 48.0 Å². The largest absolute Gasteiger partial charge is 0.368 e. The van der Waals surface area contributed by atoms with Gasteiger partial charge in [0.1, 0.15) is 0 Å². The van der Waals surface area contributed by atoms with Gasteiger partial charge in [-0.25, -0.2) is 0 Å². The molecule has 1 aliphatic heterocycles. The number of halogens is 1. The molecule has 0 radical (unpaired) electrons. The first-order chi connectivity index (χ1) is 17.0. The van der Waals surface area contributed by atoms with Gasteiger partial charge >= 0.3 is 0 Å². The van der Waals surface area contributed by atoms with Crippen molar-refractivity contribution in [3.05, 3.63) is 101 Å². The van der Waals surface area contributed by atoms with Crippen molar-refractivity contribution in [1.29, 1.82) is 0 Å². The molecule has 2 N–H and O–H groups in total. The Bertz CT molecular complexity index is 1210. The number of thiocarbonyl (C=S) groups is 1. The number of carbonyl (C=O) groups is 2. The highest BCUT2D eigenvalue weighted by Crippen LogP contribution is 2.20. The predicted molar refractivity (Wildman–Crippen MR) is 146 cm³/mol. The Kier molecular flexibility index (Phi) is 8.13. The van der Waals surface area contributed by atoms with Crippen LogP contribution < -0.4 is 15.5 Å². The van der Waals surface area contributed by atoms with Crippen LogP contribution in [0.5, 0.6) is 0 Å². The molecule has 3 aromatic carbocycles. The number of anilines is 2. The van der Waals surface area contributed by atoms with Crippen molar-refractivity contribution in [2.75, 3.05) is 36.4 Å². The van der Waals surface area contributed by atoms with Crippen molar-refractivity contribution in [3.63, 3.8) is 0 Å². The van der Waals surface area contributed by atoms with Crippen LogP contribution in [0.25, 0.3) is 6.08 Å². The maximum absolute atomic E-state index is 12.6. The second kappa shape index (κ2) is 11.6. The van der Waals surface area contributed by atoms with E-state index in [9.17, 15) is 9.59 Å². The first kappa shape index (κ1) is 24.4. The van der Waals surface area contributed by atoms with Crippen LogP contribution in [0.2, 0.25) is 5.02 Å². The number of piperazine rings is 1. The molecule has 8 heteroatoms. The van der Waals surface area contributed by atoms with Crippen LogP contribution in [-0.2, 0) is 4.79 Å². The van der Waals surface area contributed by atoms with Crippen molar-refractivity contribution in [3.8, 4) is 0 Å². The fourth-order valence-corrected chi connectivity index (χ4v) is 4.09. The number of carbonyl (C=O) groups excluding carboxylic acids is 2. The van der Waals surface area contributed by atoms with Crippen molar-refractivity contribution in [1.82, 2.24) is 10.2 Å².